The molecule has 1 amide bonds. The minimum Gasteiger partial charge on any atom is -0.337 e. The molecule has 1 aliphatic rings. The van der Waals surface area contributed by atoms with Crippen molar-refractivity contribution in [2.24, 2.45) is 5.73 Å². The molecule has 1 aromatic carbocycles. The Labute approximate surface area is 110 Å². The Kier molecular flexibility index (Phi) is 3.92. The number of nitrogens with two attached hydrogens (primary N) is 1. The van der Waals surface area contributed by atoms with Gasteiger partial charge in [-0.25, -0.2) is 0 Å². The molecule has 0 saturated carbocycles. The van der Waals surface area contributed by atoms with Gasteiger partial charge in [0.25, 0.3) is 5.91 Å². The summed E-state index contributed by atoms with van der Waals surface area (Å²) in [7, 11) is 0. The van der Waals surface area contributed by atoms with E-state index >= 15 is 0 Å². The van der Waals surface area contributed by atoms with Crippen molar-refractivity contribution in [1.82, 2.24) is 4.90 Å². The van der Waals surface area contributed by atoms with E-state index in [0.717, 1.165) is 19.4 Å². The topological polar surface area (TPSA) is 46.3 Å². The molecule has 0 aromatic heterocycles. The Hall–Kier alpha value is -0.770. The number of hydrogen-bond donors (Lipinski definition) is 1. The van der Waals surface area contributed by atoms with Crippen molar-refractivity contribution in [3.05, 3.63) is 33.8 Å². The van der Waals surface area contributed by atoms with Gasteiger partial charge >= 0.3 is 0 Å². The average molecular weight is 273 g/mol. The van der Waals surface area contributed by atoms with Gasteiger partial charge in [-0.15, -0.1) is 0 Å². The first-order valence-electron chi connectivity index (χ1n) is 5.58. The SMILES string of the molecule is N[C@@H]1CCCN(C(=O)c2ccc(Cl)c(Cl)c2)C1. The summed E-state index contributed by atoms with van der Waals surface area (Å²) in [6.45, 7) is 1.37. The molecular formula is C12H14Cl2N2O. The van der Waals surface area contributed by atoms with Gasteiger partial charge in [0.15, 0.2) is 0 Å². The molecule has 0 aliphatic carbocycles. The van der Waals surface area contributed by atoms with E-state index in [-0.39, 0.29) is 11.9 Å². The van der Waals surface area contributed by atoms with Gasteiger partial charge in [-0.05, 0) is 31.0 Å². The van der Waals surface area contributed by atoms with E-state index in [9.17, 15) is 4.79 Å². The quantitative estimate of drug-likeness (QED) is 0.854. The number of likely N-dealkylation sites (tertiary alicyclic amines) is 1. The largest absolute Gasteiger partial charge is 0.337 e. The summed E-state index contributed by atoms with van der Waals surface area (Å²) in [6, 6.07) is 5.01. The van der Waals surface area contributed by atoms with Crippen LogP contribution in [0.4, 0.5) is 0 Å². The van der Waals surface area contributed by atoms with E-state index in [1.165, 1.54) is 0 Å². The number of carbonyl (C=O) groups is 1. The normalized spacial score (nSPS) is 20.4. The van der Waals surface area contributed by atoms with Crippen LogP contribution in [-0.2, 0) is 0 Å². The second-order valence-electron chi connectivity index (χ2n) is 4.28. The van der Waals surface area contributed by atoms with Gasteiger partial charge < -0.3 is 10.6 Å². The molecule has 1 heterocycles. The molecule has 5 heteroatoms. The Bertz CT molecular complexity index is 437. The summed E-state index contributed by atoms with van der Waals surface area (Å²) < 4.78 is 0. The predicted molar refractivity (Wildman–Crippen MR) is 69.6 cm³/mol. The highest BCUT2D eigenvalue weighted by Gasteiger charge is 2.22. The minimum absolute atomic E-state index is 0.0290. The zero-order valence-corrected chi connectivity index (χ0v) is 10.8. The van der Waals surface area contributed by atoms with Crippen LogP contribution >= 0.6 is 23.2 Å². The predicted octanol–water partition coefficient (Wildman–Crippen LogP) is 2.56. The number of nitrogens with zero attached hydrogens (tertiary/aromatic N) is 1. The highest BCUT2D eigenvalue weighted by molar-refractivity contribution is 6.42. The Morgan fingerprint density at radius 2 is 2.12 bits per heavy atom. The van der Waals surface area contributed by atoms with Crippen molar-refractivity contribution in [1.29, 1.82) is 0 Å². The van der Waals surface area contributed by atoms with E-state index in [2.05, 4.69) is 0 Å². The van der Waals surface area contributed by atoms with Crippen molar-refractivity contribution in [2.45, 2.75) is 18.9 Å². The number of benzene rings is 1. The summed E-state index contributed by atoms with van der Waals surface area (Å²) >= 11 is 11.7. The fourth-order valence-electron chi connectivity index (χ4n) is 2.01. The van der Waals surface area contributed by atoms with E-state index in [1.54, 1.807) is 23.1 Å². The Morgan fingerprint density at radius 1 is 1.35 bits per heavy atom. The molecule has 17 heavy (non-hydrogen) atoms. The third-order valence-corrected chi connectivity index (χ3v) is 3.65. The lowest BCUT2D eigenvalue weighted by Crippen LogP contribution is -2.45. The summed E-state index contributed by atoms with van der Waals surface area (Å²) in [5, 5.41) is 0.859. The molecule has 3 nitrogen and oxygen atoms in total. The molecule has 0 spiro atoms. The molecule has 92 valence electrons. The van der Waals surface area contributed by atoms with Crippen molar-refractivity contribution in [3.63, 3.8) is 0 Å². The van der Waals surface area contributed by atoms with Crippen molar-refractivity contribution < 1.29 is 4.79 Å². The fourth-order valence-corrected chi connectivity index (χ4v) is 2.30. The van der Waals surface area contributed by atoms with Gasteiger partial charge in [-0.2, -0.15) is 0 Å². The first-order valence-corrected chi connectivity index (χ1v) is 6.33. The van der Waals surface area contributed by atoms with E-state index in [1.807, 2.05) is 0 Å². The molecule has 1 saturated heterocycles. The Morgan fingerprint density at radius 3 is 2.76 bits per heavy atom. The molecule has 2 rings (SSSR count). The monoisotopic (exact) mass is 272 g/mol. The lowest BCUT2D eigenvalue weighted by molar-refractivity contribution is 0.0709. The summed E-state index contributed by atoms with van der Waals surface area (Å²) in [6.07, 6.45) is 1.93. The molecule has 0 bridgehead atoms. The lowest BCUT2D eigenvalue weighted by atomic mass is 10.1. The molecule has 0 unspecified atom stereocenters. The van der Waals surface area contributed by atoms with Crippen LogP contribution in [0.2, 0.25) is 10.0 Å². The summed E-state index contributed by atoms with van der Waals surface area (Å²) in [5.41, 5.74) is 6.42. The van der Waals surface area contributed by atoms with Gasteiger partial charge in [0.1, 0.15) is 0 Å². The van der Waals surface area contributed by atoms with Gasteiger partial charge in [0, 0.05) is 24.7 Å². The van der Waals surface area contributed by atoms with Gasteiger partial charge in [-0.3, -0.25) is 4.79 Å². The number of carbonyl (C=O) groups excluding carboxylic acids is 1. The van der Waals surface area contributed by atoms with Crippen LogP contribution in [0.5, 0.6) is 0 Å². The number of amides is 1. The van der Waals surface area contributed by atoms with Crippen LogP contribution in [-0.4, -0.2) is 29.9 Å². The first-order chi connectivity index (χ1) is 8.08. The third-order valence-electron chi connectivity index (χ3n) is 2.91. The summed E-state index contributed by atoms with van der Waals surface area (Å²) in [4.78, 5) is 13.9. The zero-order valence-electron chi connectivity index (χ0n) is 9.33. The number of rotatable bonds is 1. The highest BCUT2D eigenvalue weighted by Crippen LogP contribution is 2.23. The number of piperidine rings is 1. The van der Waals surface area contributed by atoms with Crippen LogP contribution in [0.25, 0.3) is 0 Å². The molecular weight excluding hydrogens is 259 g/mol. The van der Waals surface area contributed by atoms with Gasteiger partial charge in [-0.1, -0.05) is 23.2 Å². The highest BCUT2D eigenvalue weighted by atomic mass is 35.5. The molecule has 1 aromatic rings. The first kappa shape index (κ1) is 12.7. The third kappa shape index (κ3) is 2.92. The smallest absolute Gasteiger partial charge is 0.253 e. The van der Waals surface area contributed by atoms with Crippen molar-refractivity contribution >= 4 is 29.1 Å². The van der Waals surface area contributed by atoms with E-state index < -0.39 is 0 Å². The lowest BCUT2D eigenvalue weighted by Gasteiger charge is -2.30. The number of halogens is 2. The molecule has 1 aliphatic heterocycles. The van der Waals surface area contributed by atoms with E-state index in [4.69, 9.17) is 28.9 Å². The minimum atomic E-state index is -0.0290. The second kappa shape index (κ2) is 5.25. The number of hydrogen-bond acceptors (Lipinski definition) is 2. The average Bonchev–Trinajstić information content (AvgIpc) is 2.32. The van der Waals surface area contributed by atoms with Crippen molar-refractivity contribution in [2.75, 3.05) is 13.1 Å². The van der Waals surface area contributed by atoms with Crippen LogP contribution < -0.4 is 5.73 Å². The second-order valence-corrected chi connectivity index (χ2v) is 5.10. The zero-order chi connectivity index (χ0) is 12.4. The molecule has 2 N–H and O–H groups in total. The summed E-state index contributed by atoms with van der Waals surface area (Å²) in [5.74, 6) is -0.0290. The molecule has 1 fully saturated rings. The fraction of sp³-hybridized carbons (Fsp3) is 0.417. The Balaban J connectivity index is 2.15. The van der Waals surface area contributed by atoms with Crippen LogP contribution in [0.3, 0.4) is 0 Å². The van der Waals surface area contributed by atoms with Gasteiger partial charge in [0.05, 0.1) is 10.0 Å². The van der Waals surface area contributed by atoms with Crippen LogP contribution in [0.15, 0.2) is 18.2 Å². The van der Waals surface area contributed by atoms with Gasteiger partial charge in [0.2, 0.25) is 0 Å². The molecule has 0 radical (unpaired) electrons. The standard InChI is InChI=1S/C12H14Cl2N2O/c13-10-4-3-8(6-11(10)14)12(17)16-5-1-2-9(15)7-16/h3-4,6,9H,1-2,5,7,15H2/t9-/m1/s1. The maximum atomic E-state index is 12.2. The van der Waals surface area contributed by atoms with Crippen LogP contribution in [0, 0.1) is 0 Å². The van der Waals surface area contributed by atoms with Crippen molar-refractivity contribution in [3.8, 4) is 0 Å². The maximum absolute atomic E-state index is 12.2. The maximum Gasteiger partial charge on any atom is 0.253 e. The van der Waals surface area contributed by atoms with Crippen LogP contribution in [0.1, 0.15) is 23.2 Å². The van der Waals surface area contributed by atoms with E-state index in [0.29, 0.717) is 22.2 Å². The molecule has 1 atom stereocenters.